The minimum atomic E-state index is -0.697. The van der Waals surface area contributed by atoms with Crippen molar-refractivity contribution >= 4 is 5.57 Å². The van der Waals surface area contributed by atoms with Crippen LogP contribution in [0.1, 0.15) is 35.1 Å². The molecule has 60 heavy (non-hydrogen) atoms. The maximum Gasteiger partial charge on any atom is 0.168 e. The Labute approximate surface area is 347 Å². The molecule has 1 unspecified atom stereocenters. The summed E-state index contributed by atoms with van der Waals surface area (Å²) in [6.07, 6.45) is 6.60. The topological polar surface area (TPSA) is 70.7 Å². The Bertz CT molecular complexity index is 3170. The SMILES string of the molecule is C1=CC2=C(CC1)c1ccc(-c3nnc(-c4ccccc4)n3-c3ccccc3)cc1C21c2ccccc2Oc2ccc(-c3nnc(-c4ccccc4)n3-c3ccccc3)cc21. The van der Waals surface area contributed by atoms with Gasteiger partial charge in [-0.3, -0.25) is 9.13 Å². The molecule has 2 aliphatic carbocycles. The molecule has 3 heterocycles. The number of rotatable bonds is 6. The molecule has 12 rings (SSSR count). The normalized spacial score (nSPS) is 15.9. The average Bonchev–Trinajstić information content (AvgIpc) is 4.05. The van der Waals surface area contributed by atoms with Gasteiger partial charge in [0.15, 0.2) is 23.3 Å². The number of allylic oxidation sites excluding steroid dienone is 4. The number of benzene rings is 7. The van der Waals surface area contributed by atoms with E-state index in [0.29, 0.717) is 0 Å². The predicted molar refractivity (Wildman–Crippen MR) is 236 cm³/mol. The zero-order chi connectivity index (χ0) is 39.6. The van der Waals surface area contributed by atoms with E-state index in [1.807, 2.05) is 48.5 Å². The molecule has 7 nitrogen and oxygen atoms in total. The van der Waals surface area contributed by atoms with Crippen LogP contribution in [-0.2, 0) is 5.41 Å². The first-order valence-electron chi connectivity index (χ1n) is 20.4. The molecule has 1 atom stereocenters. The Morgan fingerprint density at radius 1 is 0.433 bits per heavy atom. The van der Waals surface area contributed by atoms with E-state index in [-0.39, 0.29) is 0 Å². The molecule has 0 amide bonds. The first kappa shape index (κ1) is 34.2. The number of nitrogens with zero attached hydrogens (tertiary/aromatic N) is 6. The van der Waals surface area contributed by atoms with Crippen molar-refractivity contribution in [3.63, 3.8) is 0 Å². The molecule has 7 heteroatoms. The summed E-state index contributed by atoms with van der Waals surface area (Å²) in [7, 11) is 0. The summed E-state index contributed by atoms with van der Waals surface area (Å²) in [6.45, 7) is 0. The summed E-state index contributed by atoms with van der Waals surface area (Å²) in [6, 6.07) is 63.2. The number of aromatic nitrogens is 6. The highest BCUT2D eigenvalue weighted by Gasteiger charge is 2.52. The molecule has 3 aliphatic rings. The van der Waals surface area contributed by atoms with Crippen molar-refractivity contribution in [3.8, 4) is 68.4 Å². The van der Waals surface area contributed by atoms with E-state index in [4.69, 9.17) is 25.1 Å². The van der Waals surface area contributed by atoms with Crippen LogP contribution >= 0.6 is 0 Å². The van der Waals surface area contributed by atoms with Gasteiger partial charge >= 0.3 is 0 Å². The molecule has 9 aromatic rings. The summed E-state index contributed by atoms with van der Waals surface area (Å²) in [4.78, 5) is 0. The van der Waals surface area contributed by atoms with Crippen LogP contribution in [0.2, 0.25) is 0 Å². The van der Waals surface area contributed by atoms with Gasteiger partial charge in [-0.1, -0.05) is 140 Å². The molecule has 0 fully saturated rings. The average molecular weight is 773 g/mol. The summed E-state index contributed by atoms with van der Waals surface area (Å²) < 4.78 is 11.2. The smallest absolute Gasteiger partial charge is 0.168 e. The molecular formula is C53H36N6O. The zero-order valence-corrected chi connectivity index (χ0v) is 32.5. The third-order valence-corrected chi connectivity index (χ3v) is 12.2. The van der Waals surface area contributed by atoms with E-state index in [9.17, 15) is 0 Å². The van der Waals surface area contributed by atoms with Gasteiger partial charge in [0.1, 0.15) is 11.5 Å². The van der Waals surface area contributed by atoms with Crippen molar-refractivity contribution in [1.29, 1.82) is 0 Å². The van der Waals surface area contributed by atoms with Gasteiger partial charge in [-0.2, -0.15) is 0 Å². The first-order valence-corrected chi connectivity index (χ1v) is 20.4. The van der Waals surface area contributed by atoms with Gasteiger partial charge in [-0.15, -0.1) is 20.4 Å². The second-order valence-corrected chi connectivity index (χ2v) is 15.4. The van der Waals surface area contributed by atoms with Crippen LogP contribution in [0, 0.1) is 0 Å². The molecule has 2 aromatic heterocycles. The molecule has 1 aliphatic heterocycles. The summed E-state index contributed by atoms with van der Waals surface area (Å²) >= 11 is 0. The molecule has 0 saturated carbocycles. The Hall–Kier alpha value is -7.90. The fraction of sp³-hybridized carbons (Fsp3) is 0.0566. The molecule has 0 N–H and O–H groups in total. The van der Waals surface area contributed by atoms with E-state index in [0.717, 1.165) is 92.4 Å². The number of para-hydroxylation sites is 3. The molecule has 0 saturated heterocycles. The predicted octanol–water partition coefficient (Wildman–Crippen LogP) is 12.1. The van der Waals surface area contributed by atoms with Gasteiger partial charge < -0.3 is 4.74 Å². The van der Waals surface area contributed by atoms with Crippen molar-refractivity contribution in [1.82, 2.24) is 29.5 Å². The lowest BCUT2D eigenvalue weighted by Crippen LogP contribution is -2.33. The molecule has 0 radical (unpaired) electrons. The van der Waals surface area contributed by atoms with Gasteiger partial charge in [0.25, 0.3) is 0 Å². The molecule has 1 spiro atoms. The molecule has 7 aromatic carbocycles. The van der Waals surface area contributed by atoms with E-state index in [1.165, 1.54) is 22.3 Å². The van der Waals surface area contributed by atoms with E-state index in [1.54, 1.807) is 0 Å². The van der Waals surface area contributed by atoms with E-state index < -0.39 is 5.41 Å². The Morgan fingerprint density at radius 2 is 0.917 bits per heavy atom. The third kappa shape index (κ3) is 5.09. The Kier molecular flexibility index (Phi) is 7.75. The number of fused-ring (bicyclic) bond motifs is 8. The second-order valence-electron chi connectivity index (χ2n) is 15.4. The Balaban J connectivity index is 1.11. The van der Waals surface area contributed by atoms with Crippen LogP contribution in [-0.4, -0.2) is 29.5 Å². The van der Waals surface area contributed by atoms with E-state index in [2.05, 4.69) is 155 Å². The lowest BCUT2D eigenvalue weighted by molar-refractivity contribution is 0.435. The number of hydrogen-bond donors (Lipinski definition) is 0. The summed E-state index contributed by atoms with van der Waals surface area (Å²) in [5.41, 5.74) is 12.4. The first-order chi connectivity index (χ1) is 29.8. The number of hydrogen-bond acceptors (Lipinski definition) is 5. The maximum atomic E-state index is 6.87. The highest BCUT2D eigenvalue weighted by molar-refractivity contribution is 5.92. The second kappa shape index (κ2) is 13.6. The van der Waals surface area contributed by atoms with Gasteiger partial charge in [-0.25, -0.2) is 0 Å². The van der Waals surface area contributed by atoms with Crippen molar-refractivity contribution in [3.05, 3.63) is 222 Å². The van der Waals surface area contributed by atoms with Crippen LogP contribution in [0.15, 0.2) is 200 Å². The number of ether oxygens (including phenoxy) is 1. The van der Waals surface area contributed by atoms with Crippen LogP contribution in [0.25, 0.3) is 62.5 Å². The van der Waals surface area contributed by atoms with Crippen LogP contribution in [0.4, 0.5) is 0 Å². The van der Waals surface area contributed by atoms with Gasteiger partial charge in [0.05, 0.1) is 5.41 Å². The van der Waals surface area contributed by atoms with Crippen molar-refractivity contribution in [2.24, 2.45) is 0 Å². The monoisotopic (exact) mass is 772 g/mol. The largest absolute Gasteiger partial charge is 0.457 e. The maximum absolute atomic E-state index is 6.87. The van der Waals surface area contributed by atoms with Crippen molar-refractivity contribution < 1.29 is 4.74 Å². The lowest BCUT2D eigenvalue weighted by Gasteiger charge is -2.40. The third-order valence-electron chi connectivity index (χ3n) is 12.2. The summed E-state index contributed by atoms with van der Waals surface area (Å²) in [5.74, 6) is 4.75. The molecular weight excluding hydrogens is 737 g/mol. The van der Waals surface area contributed by atoms with Crippen molar-refractivity contribution in [2.45, 2.75) is 18.3 Å². The molecule has 284 valence electrons. The van der Waals surface area contributed by atoms with Crippen molar-refractivity contribution in [2.75, 3.05) is 0 Å². The molecule has 0 bridgehead atoms. The van der Waals surface area contributed by atoms with Gasteiger partial charge in [0.2, 0.25) is 0 Å². The Morgan fingerprint density at radius 3 is 1.52 bits per heavy atom. The fourth-order valence-corrected chi connectivity index (χ4v) is 9.59. The minimum absolute atomic E-state index is 0.697. The van der Waals surface area contributed by atoms with E-state index >= 15 is 0 Å². The quantitative estimate of drug-likeness (QED) is 0.168. The van der Waals surface area contributed by atoms with Crippen LogP contribution < -0.4 is 4.74 Å². The van der Waals surface area contributed by atoms with Crippen LogP contribution in [0.3, 0.4) is 0 Å². The van der Waals surface area contributed by atoms with Gasteiger partial charge in [0, 0.05) is 44.8 Å². The van der Waals surface area contributed by atoms with Crippen LogP contribution in [0.5, 0.6) is 11.5 Å². The summed E-state index contributed by atoms with van der Waals surface area (Å²) in [5, 5.41) is 19.5. The minimum Gasteiger partial charge on any atom is -0.457 e. The van der Waals surface area contributed by atoms with Gasteiger partial charge in [-0.05, 0) is 89.7 Å². The highest BCUT2D eigenvalue weighted by Crippen LogP contribution is 2.63. The standard InChI is InChI=1S/C53H36N6O/c1-5-17-35(18-6-1)49-54-56-51(58(49)39-21-9-3-10-22-39)37-29-31-42-41-25-13-14-26-43(41)53(45(42)33-37)44-27-15-16-28-47(44)60-48-32-30-38(34-46(48)53)52-57-55-50(36-19-7-2-8-20-36)59(52)40-23-11-4-12-24-40/h1-12,14-24,26-34H,13,25H2. The fourth-order valence-electron chi connectivity index (χ4n) is 9.59. The zero-order valence-electron chi connectivity index (χ0n) is 32.5. The highest BCUT2D eigenvalue weighted by atomic mass is 16.5. The lowest BCUT2D eigenvalue weighted by atomic mass is 9.64.